The summed E-state index contributed by atoms with van der Waals surface area (Å²) in [7, 11) is 0. The maximum Gasteiger partial charge on any atom is 0.273 e. The summed E-state index contributed by atoms with van der Waals surface area (Å²) in [6.45, 7) is 1.93. The second kappa shape index (κ2) is 9.93. The van der Waals surface area contributed by atoms with Crippen LogP contribution in [-0.2, 0) is 4.79 Å². The zero-order valence-corrected chi connectivity index (χ0v) is 17.2. The van der Waals surface area contributed by atoms with Gasteiger partial charge in [-0.1, -0.05) is 53.7 Å². The highest BCUT2D eigenvalue weighted by Crippen LogP contribution is 2.20. The third-order valence-electron chi connectivity index (χ3n) is 5.40. The molecule has 7 heteroatoms. The Morgan fingerprint density at radius 2 is 1.71 bits per heavy atom. The van der Waals surface area contributed by atoms with E-state index in [0.29, 0.717) is 31.4 Å². The van der Waals surface area contributed by atoms with E-state index in [1.807, 2.05) is 60.7 Å². The van der Waals surface area contributed by atoms with Gasteiger partial charge in [-0.3, -0.25) is 9.59 Å². The molecule has 1 aliphatic heterocycles. The molecule has 31 heavy (non-hydrogen) atoms. The predicted molar refractivity (Wildman–Crippen MR) is 116 cm³/mol. The average molecular weight is 419 g/mol. The van der Waals surface area contributed by atoms with Crippen molar-refractivity contribution in [3.63, 3.8) is 0 Å². The van der Waals surface area contributed by atoms with Crippen LogP contribution in [0.3, 0.4) is 0 Å². The van der Waals surface area contributed by atoms with Crippen molar-refractivity contribution in [2.24, 2.45) is 5.92 Å². The normalized spacial score (nSPS) is 14.3. The summed E-state index contributed by atoms with van der Waals surface area (Å²) in [5, 5.41) is 6.45. The third kappa shape index (κ3) is 5.51. The number of aromatic nitrogens is 1. The molecule has 0 atom stereocenters. The summed E-state index contributed by atoms with van der Waals surface area (Å²) >= 11 is 0. The summed E-state index contributed by atoms with van der Waals surface area (Å²) < 4.78 is 11.1. The van der Waals surface area contributed by atoms with Crippen LogP contribution in [0.25, 0.3) is 11.3 Å². The SMILES string of the molecule is O=C(NCC(=O)N1CCC(COc2ccccc2)CC1)c1cc(-c2ccccc2)on1. The number of carbonyl (C=O) groups is 2. The minimum Gasteiger partial charge on any atom is -0.493 e. The van der Waals surface area contributed by atoms with E-state index in [1.165, 1.54) is 0 Å². The van der Waals surface area contributed by atoms with Crippen LogP contribution in [0.15, 0.2) is 71.3 Å². The lowest BCUT2D eigenvalue weighted by atomic mass is 9.98. The van der Waals surface area contributed by atoms with E-state index in [1.54, 1.807) is 11.0 Å². The van der Waals surface area contributed by atoms with Crippen LogP contribution < -0.4 is 10.1 Å². The Hall–Kier alpha value is -3.61. The number of para-hydroxylation sites is 1. The Morgan fingerprint density at radius 1 is 1.03 bits per heavy atom. The number of carbonyl (C=O) groups excluding carboxylic acids is 2. The molecule has 160 valence electrons. The molecule has 0 aliphatic carbocycles. The van der Waals surface area contributed by atoms with Gasteiger partial charge in [-0.15, -0.1) is 0 Å². The molecule has 1 aromatic heterocycles. The zero-order chi connectivity index (χ0) is 21.5. The topological polar surface area (TPSA) is 84.7 Å². The van der Waals surface area contributed by atoms with Gasteiger partial charge in [-0.05, 0) is 30.9 Å². The number of benzene rings is 2. The Bertz CT molecular complexity index is 996. The summed E-state index contributed by atoms with van der Waals surface area (Å²) in [5.74, 6) is 1.28. The molecular weight excluding hydrogens is 394 g/mol. The van der Waals surface area contributed by atoms with Crippen molar-refractivity contribution in [2.45, 2.75) is 12.8 Å². The molecule has 0 bridgehead atoms. The number of hydrogen-bond acceptors (Lipinski definition) is 5. The molecule has 2 amide bonds. The van der Waals surface area contributed by atoms with Crippen LogP contribution in [0.2, 0.25) is 0 Å². The first kappa shape index (κ1) is 20.7. The number of hydrogen-bond donors (Lipinski definition) is 1. The summed E-state index contributed by atoms with van der Waals surface area (Å²) in [4.78, 5) is 26.6. The monoisotopic (exact) mass is 419 g/mol. The van der Waals surface area contributed by atoms with Crippen LogP contribution in [0.4, 0.5) is 0 Å². The first-order chi connectivity index (χ1) is 15.2. The zero-order valence-electron chi connectivity index (χ0n) is 17.2. The Kier molecular flexibility index (Phi) is 6.62. The number of nitrogens with zero attached hydrogens (tertiary/aromatic N) is 2. The van der Waals surface area contributed by atoms with E-state index in [2.05, 4.69) is 10.5 Å². The van der Waals surface area contributed by atoms with Crippen molar-refractivity contribution in [3.8, 4) is 17.1 Å². The molecular formula is C24H25N3O4. The highest BCUT2D eigenvalue weighted by atomic mass is 16.5. The highest BCUT2D eigenvalue weighted by molar-refractivity contribution is 5.95. The van der Waals surface area contributed by atoms with Crippen LogP contribution in [0.1, 0.15) is 23.3 Å². The number of ether oxygens (including phenoxy) is 1. The van der Waals surface area contributed by atoms with Crippen LogP contribution in [0, 0.1) is 5.92 Å². The fraction of sp³-hybridized carbons (Fsp3) is 0.292. The third-order valence-corrected chi connectivity index (χ3v) is 5.40. The van der Waals surface area contributed by atoms with E-state index >= 15 is 0 Å². The van der Waals surface area contributed by atoms with Crippen molar-refractivity contribution in [2.75, 3.05) is 26.2 Å². The second-order valence-electron chi connectivity index (χ2n) is 7.57. The summed E-state index contributed by atoms with van der Waals surface area (Å²) in [6, 6.07) is 20.7. The molecule has 1 saturated heterocycles. The molecule has 7 nitrogen and oxygen atoms in total. The number of piperidine rings is 1. The van der Waals surface area contributed by atoms with Gasteiger partial charge < -0.3 is 19.5 Å². The molecule has 0 saturated carbocycles. The summed E-state index contributed by atoms with van der Waals surface area (Å²) in [5.41, 5.74) is 0.993. The smallest absolute Gasteiger partial charge is 0.273 e. The second-order valence-corrected chi connectivity index (χ2v) is 7.57. The largest absolute Gasteiger partial charge is 0.493 e. The van der Waals surface area contributed by atoms with Crippen molar-refractivity contribution in [3.05, 3.63) is 72.4 Å². The lowest BCUT2D eigenvalue weighted by Gasteiger charge is -2.32. The van der Waals surface area contributed by atoms with Crippen LogP contribution >= 0.6 is 0 Å². The molecule has 1 aliphatic rings. The molecule has 2 heterocycles. The van der Waals surface area contributed by atoms with Gasteiger partial charge in [-0.25, -0.2) is 0 Å². The van der Waals surface area contributed by atoms with E-state index in [4.69, 9.17) is 9.26 Å². The molecule has 0 spiro atoms. The number of nitrogens with one attached hydrogen (secondary N) is 1. The minimum atomic E-state index is -0.426. The van der Waals surface area contributed by atoms with Crippen LogP contribution in [0.5, 0.6) is 5.75 Å². The minimum absolute atomic E-state index is 0.0580. The van der Waals surface area contributed by atoms with Crippen LogP contribution in [-0.4, -0.2) is 48.1 Å². The fourth-order valence-corrected chi connectivity index (χ4v) is 3.56. The van der Waals surface area contributed by atoms with E-state index in [9.17, 15) is 9.59 Å². The Balaban J connectivity index is 1.20. The molecule has 3 aromatic rings. The lowest BCUT2D eigenvalue weighted by Crippen LogP contribution is -2.44. The highest BCUT2D eigenvalue weighted by Gasteiger charge is 2.24. The molecule has 1 fully saturated rings. The van der Waals surface area contributed by atoms with E-state index < -0.39 is 5.91 Å². The molecule has 1 N–H and O–H groups in total. The van der Waals surface area contributed by atoms with Gasteiger partial charge in [0.25, 0.3) is 5.91 Å². The first-order valence-electron chi connectivity index (χ1n) is 10.4. The van der Waals surface area contributed by atoms with Crippen molar-refractivity contribution >= 4 is 11.8 Å². The predicted octanol–water partition coefficient (Wildman–Crippen LogP) is 3.39. The molecule has 4 rings (SSSR count). The lowest BCUT2D eigenvalue weighted by molar-refractivity contribution is -0.131. The average Bonchev–Trinajstić information content (AvgIpc) is 3.33. The number of amides is 2. The van der Waals surface area contributed by atoms with Gasteiger partial charge in [0.1, 0.15) is 5.75 Å². The van der Waals surface area contributed by atoms with E-state index in [-0.39, 0.29) is 18.1 Å². The standard InChI is InChI=1S/C24H25N3O4/c28-23(27-13-11-18(12-14-27)17-30-20-9-5-2-6-10-20)16-25-24(29)21-15-22(31-26-21)19-7-3-1-4-8-19/h1-10,15,18H,11-14,16-17H2,(H,25,29). The number of rotatable bonds is 7. The Morgan fingerprint density at radius 3 is 2.42 bits per heavy atom. The van der Waals surface area contributed by atoms with Gasteiger partial charge >= 0.3 is 0 Å². The van der Waals surface area contributed by atoms with Crippen molar-refractivity contribution in [1.29, 1.82) is 0 Å². The van der Waals surface area contributed by atoms with Gasteiger partial charge in [0.05, 0.1) is 13.2 Å². The molecule has 0 radical (unpaired) electrons. The summed E-state index contributed by atoms with van der Waals surface area (Å²) in [6.07, 6.45) is 1.77. The quantitative estimate of drug-likeness (QED) is 0.635. The maximum absolute atomic E-state index is 12.5. The van der Waals surface area contributed by atoms with Gasteiger partial charge in [0.15, 0.2) is 11.5 Å². The first-order valence-corrected chi connectivity index (χ1v) is 10.4. The van der Waals surface area contributed by atoms with Gasteiger partial charge in [0.2, 0.25) is 5.91 Å². The van der Waals surface area contributed by atoms with Crippen molar-refractivity contribution < 1.29 is 18.8 Å². The number of likely N-dealkylation sites (tertiary alicyclic amines) is 1. The molecule has 0 unspecified atom stereocenters. The van der Waals surface area contributed by atoms with Crippen molar-refractivity contribution in [1.82, 2.24) is 15.4 Å². The molecule has 2 aromatic carbocycles. The fourth-order valence-electron chi connectivity index (χ4n) is 3.56. The van der Waals surface area contributed by atoms with Gasteiger partial charge in [-0.2, -0.15) is 0 Å². The van der Waals surface area contributed by atoms with E-state index in [0.717, 1.165) is 24.2 Å². The van der Waals surface area contributed by atoms with Gasteiger partial charge in [0, 0.05) is 24.7 Å². The maximum atomic E-state index is 12.5. The Labute approximate surface area is 181 Å².